The first-order valence-corrected chi connectivity index (χ1v) is 16.3. The van der Waals surface area contributed by atoms with Crippen LogP contribution in [-0.2, 0) is 25.7 Å². The molecule has 8 nitrogen and oxygen atoms in total. The predicted molar refractivity (Wildman–Crippen MR) is 183 cm³/mol. The van der Waals surface area contributed by atoms with E-state index in [0.29, 0.717) is 23.3 Å². The van der Waals surface area contributed by atoms with Gasteiger partial charge in [-0.3, -0.25) is 9.80 Å². The number of rotatable bonds is 9. The van der Waals surface area contributed by atoms with Gasteiger partial charge < -0.3 is 28.4 Å². The standard InChI is InChI=1S/C39H44N2O6/c1-40-16-14-24-19-27(42-3)12-13-28(24)31(40)18-23-8-10-26(11-9-23)47-37-30-21-32-35-25(15-17-41(32)2)20-33(43-4)38(45-6)36(35)29(30)22-34(44-5)39(37)46-7/h8-13,19-20,22,31-32H,14-18,21H2,1-7H3/t31-,32-/m0/s1. The smallest absolute Gasteiger partial charge is 0.204 e. The molecule has 2 aliphatic heterocycles. The molecule has 4 aromatic carbocycles. The number of fused-ring (bicyclic) bond motifs is 3. The predicted octanol–water partition coefficient (Wildman–Crippen LogP) is 7.05. The quantitative estimate of drug-likeness (QED) is 0.194. The number of hydrogen-bond donors (Lipinski definition) is 0. The summed E-state index contributed by atoms with van der Waals surface area (Å²) in [7, 11) is 12.9. The molecule has 0 saturated carbocycles. The molecule has 0 aromatic heterocycles. The Morgan fingerprint density at radius 1 is 0.660 bits per heavy atom. The minimum absolute atomic E-state index is 0.166. The fourth-order valence-electron chi connectivity index (χ4n) is 7.82. The molecule has 0 N–H and O–H groups in total. The lowest BCUT2D eigenvalue weighted by atomic mass is 9.76. The molecular formula is C39H44N2O6. The highest BCUT2D eigenvalue weighted by atomic mass is 16.5. The van der Waals surface area contributed by atoms with Crippen molar-refractivity contribution < 1.29 is 28.4 Å². The molecule has 3 aliphatic rings. The van der Waals surface area contributed by atoms with Crippen LogP contribution in [0.2, 0.25) is 0 Å². The summed E-state index contributed by atoms with van der Waals surface area (Å²) in [5, 5.41) is 0. The highest BCUT2D eigenvalue weighted by Crippen LogP contribution is 2.57. The van der Waals surface area contributed by atoms with Gasteiger partial charge in [-0.05, 0) is 110 Å². The first-order valence-electron chi connectivity index (χ1n) is 16.3. The van der Waals surface area contributed by atoms with Crippen molar-refractivity contribution in [3.8, 4) is 51.4 Å². The van der Waals surface area contributed by atoms with Gasteiger partial charge in [0, 0.05) is 36.3 Å². The molecule has 2 atom stereocenters. The van der Waals surface area contributed by atoms with Crippen LogP contribution in [0, 0.1) is 0 Å². The summed E-state index contributed by atoms with van der Waals surface area (Å²) in [6.45, 7) is 1.98. The second-order valence-corrected chi connectivity index (χ2v) is 12.7. The zero-order chi connectivity index (χ0) is 32.8. The lowest BCUT2D eigenvalue weighted by Gasteiger charge is -2.41. The van der Waals surface area contributed by atoms with Crippen LogP contribution < -0.4 is 28.4 Å². The second kappa shape index (κ2) is 12.7. The number of benzene rings is 4. The fourth-order valence-corrected chi connectivity index (χ4v) is 7.82. The van der Waals surface area contributed by atoms with E-state index in [2.05, 4.69) is 78.5 Å². The molecule has 7 rings (SSSR count). The Labute approximate surface area is 277 Å². The van der Waals surface area contributed by atoms with Crippen LogP contribution in [0.25, 0.3) is 11.1 Å². The Hall–Kier alpha value is -4.40. The third kappa shape index (κ3) is 5.33. The number of likely N-dealkylation sites (N-methyl/N-ethyl adjacent to an activating group) is 2. The average Bonchev–Trinajstić information content (AvgIpc) is 3.10. The molecule has 0 unspecified atom stereocenters. The average molecular weight is 637 g/mol. The van der Waals surface area contributed by atoms with Gasteiger partial charge in [-0.15, -0.1) is 0 Å². The summed E-state index contributed by atoms with van der Waals surface area (Å²) >= 11 is 0. The van der Waals surface area contributed by atoms with Crippen molar-refractivity contribution in [2.24, 2.45) is 0 Å². The van der Waals surface area contributed by atoms with Crippen molar-refractivity contribution in [3.63, 3.8) is 0 Å². The van der Waals surface area contributed by atoms with Crippen molar-refractivity contribution in [3.05, 3.63) is 88.0 Å². The molecule has 246 valence electrons. The summed E-state index contributed by atoms with van der Waals surface area (Å²) in [5.41, 5.74) is 9.69. The molecule has 1 aliphatic carbocycles. The molecule has 0 radical (unpaired) electrons. The van der Waals surface area contributed by atoms with Gasteiger partial charge in [0.25, 0.3) is 0 Å². The van der Waals surface area contributed by atoms with Crippen molar-refractivity contribution in [2.75, 3.05) is 62.7 Å². The Morgan fingerprint density at radius 3 is 2.04 bits per heavy atom. The molecule has 0 amide bonds. The zero-order valence-electron chi connectivity index (χ0n) is 28.4. The summed E-state index contributed by atoms with van der Waals surface area (Å²) in [4.78, 5) is 4.87. The van der Waals surface area contributed by atoms with Gasteiger partial charge in [-0.2, -0.15) is 0 Å². The van der Waals surface area contributed by atoms with Crippen LogP contribution in [0.15, 0.2) is 54.6 Å². The van der Waals surface area contributed by atoms with Crippen molar-refractivity contribution >= 4 is 0 Å². The highest BCUT2D eigenvalue weighted by Gasteiger charge is 2.39. The molecule has 8 heteroatoms. The maximum absolute atomic E-state index is 6.79. The van der Waals surface area contributed by atoms with E-state index >= 15 is 0 Å². The van der Waals surface area contributed by atoms with Gasteiger partial charge in [0.1, 0.15) is 11.5 Å². The van der Waals surface area contributed by atoms with E-state index in [9.17, 15) is 0 Å². The number of nitrogens with zero attached hydrogens (tertiary/aromatic N) is 2. The van der Waals surface area contributed by atoms with Gasteiger partial charge in [0.15, 0.2) is 23.0 Å². The van der Waals surface area contributed by atoms with Crippen LogP contribution in [0.4, 0.5) is 0 Å². The second-order valence-electron chi connectivity index (χ2n) is 12.7. The topological polar surface area (TPSA) is 61.9 Å². The van der Waals surface area contributed by atoms with E-state index in [4.69, 9.17) is 28.4 Å². The number of ether oxygens (including phenoxy) is 6. The maximum atomic E-state index is 6.79. The van der Waals surface area contributed by atoms with Crippen molar-refractivity contribution in [1.82, 2.24) is 9.80 Å². The number of hydrogen-bond acceptors (Lipinski definition) is 8. The molecule has 0 saturated heterocycles. The summed E-state index contributed by atoms with van der Waals surface area (Å²) in [6.07, 6.45) is 3.65. The van der Waals surface area contributed by atoms with Crippen LogP contribution >= 0.6 is 0 Å². The summed E-state index contributed by atoms with van der Waals surface area (Å²) < 4.78 is 36.0. The molecule has 47 heavy (non-hydrogen) atoms. The van der Waals surface area contributed by atoms with Gasteiger partial charge >= 0.3 is 0 Å². The van der Waals surface area contributed by atoms with Gasteiger partial charge in [-0.25, -0.2) is 0 Å². The third-order valence-electron chi connectivity index (χ3n) is 10.3. The zero-order valence-corrected chi connectivity index (χ0v) is 28.4. The van der Waals surface area contributed by atoms with E-state index in [1.54, 1.807) is 35.5 Å². The van der Waals surface area contributed by atoms with E-state index in [0.717, 1.165) is 78.5 Å². The normalized spacial score (nSPS) is 18.4. The van der Waals surface area contributed by atoms with E-state index in [1.165, 1.54) is 27.8 Å². The molecule has 2 heterocycles. The van der Waals surface area contributed by atoms with E-state index < -0.39 is 0 Å². The Morgan fingerprint density at radius 2 is 1.34 bits per heavy atom. The molecule has 0 fully saturated rings. The monoisotopic (exact) mass is 636 g/mol. The third-order valence-corrected chi connectivity index (χ3v) is 10.3. The lowest BCUT2D eigenvalue weighted by Crippen LogP contribution is -2.36. The fraction of sp³-hybridized carbons (Fsp3) is 0.385. The van der Waals surface area contributed by atoms with Gasteiger partial charge in [0.2, 0.25) is 5.75 Å². The number of methoxy groups -OCH3 is 5. The molecule has 0 bridgehead atoms. The molecule has 4 aromatic rings. The SMILES string of the molecule is COc1ccc2c(c1)CCN(C)[C@H]2Cc1ccc(Oc2c3c(cc(OC)c2OC)-c2c(OC)c(OC)cc4c2[C@H](C3)N(C)CC4)cc1. The van der Waals surface area contributed by atoms with E-state index in [1.807, 2.05) is 0 Å². The Kier molecular flexibility index (Phi) is 8.41. The van der Waals surface area contributed by atoms with Crippen LogP contribution in [0.3, 0.4) is 0 Å². The largest absolute Gasteiger partial charge is 0.497 e. The first-order chi connectivity index (χ1) is 22.9. The highest BCUT2D eigenvalue weighted by molar-refractivity contribution is 5.87. The Balaban J connectivity index is 1.27. The lowest BCUT2D eigenvalue weighted by molar-refractivity contribution is 0.225. The van der Waals surface area contributed by atoms with E-state index in [-0.39, 0.29) is 6.04 Å². The summed E-state index contributed by atoms with van der Waals surface area (Å²) in [6, 6.07) is 19.6. The van der Waals surface area contributed by atoms with Gasteiger partial charge in [-0.1, -0.05) is 18.2 Å². The van der Waals surface area contributed by atoms with Crippen LogP contribution in [-0.4, -0.2) is 72.5 Å². The van der Waals surface area contributed by atoms with Crippen LogP contribution in [0.5, 0.6) is 40.2 Å². The first kappa shape index (κ1) is 31.2. The molecule has 0 spiro atoms. The minimum atomic E-state index is 0.166. The Bertz CT molecular complexity index is 1800. The van der Waals surface area contributed by atoms with Crippen LogP contribution in [0.1, 0.15) is 45.5 Å². The van der Waals surface area contributed by atoms with Crippen molar-refractivity contribution in [2.45, 2.75) is 37.8 Å². The van der Waals surface area contributed by atoms with Crippen molar-refractivity contribution in [1.29, 1.82) is 0 Å². The maximum Gasteiger partial charge on any atom is 0.204 e. The molecular weight excluding hydrogens is 592 g/mol. The van der Waals surface area contributed by atoms with Gasteiger partial charge in [0.05, 0.1) is 35.5 Å². The minimum Gasteiger partial charge on any atom is -0.497 e. The summed E-state index contributed by atoms with van der Waals surface area (Å²) in [5.74, 6) is 4.97.